The van der Waals surface area contributed by atoms with Crippen LogP contribution in [0.4, 0.5) is 0 Å². The topological polar surface area (TPSA) is 63.2 Å². The lowest BCUT2D eigenvalue weighted by atomic mass is 9.98. The van der Waals surface area contributed by atoms with E-state index in [-0.39, 0.29) is 11.9 Å². The Labute approximate surface area is 140 Å². The summed E-state index contributed by atoms with van der Waals surface area (Å²) in [5, 5.41) is 3.31. The lowest BCUT2D eigenvalue weighted by molar-refractivity contribution is -0.149. The van der Waals surface area contributed by atoms with Crippen molar-refractivity contribution in [1.82, 2.24) is 10.2 Å². The smallest absolute Gasteiger partial charge is 0.310 e. The van der Waals surface area contributed by atoms with Crippen LogP contribution in [-0.4, -0.2) is 62.8 Å². The molecule has 1 unspecified atom stereocenters. The molecule has 1 heterocycles. The molecule has 1 aliphatic rings. The second-order valence-corrected chi connectivity index (χ2v) is 5.74. The van der Waals surface area contributed by atoms with Gasteiger partial charge in [-0.15, -0.1) is 0 Å². The van der Waals surface area contributed by atoms with E-state index in [1.165, 1.54) is 0 Å². The largest absolute Gasteiger partial charge is 0.466 e. The molecule has 0 aromatic heterocycles. The van der Waals surface area contributed by atoms with Gasteiger partial charge < -0.3 is 19.7 Å². The minimum absolute atomic E-state index is 0.0478. The Kier molecular flexibility index (Phi) is 10.4. The zero-order chi connectivity index (χ0) is 16.9. The van der Waals surface area contributed by atoms with Gasteiger partial charge in [0, 0.05) is 26.2 Å². The molecule has 1 saturated heterocycles. The van der Waals surface area contributed by atoms with E-state index in [0.29, 0.717) is 26.3 Å². The van der Waals surface area contributed by atoms with E-state index in [1.807, 2.05) is 6.92 Å². The first-order valence-electron chi connectivity index (χ1n) is 9.00. The SMILES string of the molecule is CCCCOCCN=C(NCC)N1CCCC(C(=O)OCC)C1. The number of ether oxygens (including phenoxy) is 2. The van der Waals surface area contributed by atoms with Gasteiger partial charge >= 0.3 is 5.97 Å². The van der Waals surface area contributed by atoms with Crippen LogP contribution in [0.2, 0.25) is 0 Å². The summed E-state index contributed by atoms with van der Waals surface area (Å²) in [5.74, 6) is 0.741. The number of carbonyl (C=O) groups excluding carboxylic acids is 1. The molecule has 23 heavy (non-hydrogen) atoms. The van der Waals surface area contributed by atoms with Gasteiger partial charge in [0.1, 0.15) is 0 Å². The van der Waals surface area contributed by atoms with E-state index < -0.39 is 0 Å². The number of hydrogen-bond acceptors (Lipinski definition) is 4. The molecule has 0 amide bonds. The van der Waals surface area contributed by atoms with Gasteiger partial charge in [-0.1, -0.05) is 13.3 Å². The Morgan fingerprint density at radius 2 is 2.13 bits per heavy atom. The third-order valence-electron chi connectivity index (χ3n) is 3.82. The average molecular weight is 327 g/mol. The minimum Gasteiger partial charge on any atom is -0.466 e. The van der Waals surface area contributed by atoms with Crippen molar-refractivity contribution in [3.05, 3.63) is 0 Å². The van der Waals surface area contributed by atoms with Crippen LogP contribution >= 0.6 is 0 Å². The van der Waals surface area contributed by atoms with E-state index >= 15 is 0 Å². The molecule has 1 atom stereocenters. The zero-order valence-electron chi connectivity index (χ0n) is 15.0. The van der Waals surface area contributed by atoms with Gasteiger partial charge in [0.25, 0.3) is 0 Å². The van der Waals surface area contributed by atoms with Gasteiger partial charge in [0.15, 0.2) is 5.96 Å². The fourth-order valence-corrected chi connectivity index (χ4v) is 2.61. The summed E-state index contributed by atoms with van der Waals surface area (Å²) in [6, 6.07) is 0. The number of likely N-dealkylation sites (tertiary alicyclic amines) is 1. The fourth-order valence-electron chi connectivity index (χ4n) is 2.61. The standard InChI is InChI=1S/C17H33N3O3/c1-4-7-12-22-13-10-19-17(18-5-2)20-11-8-9-15(14-20)16(21)23-6-3/h15H,4-14H2,1-3H3,(H,18,19). The quantitative estimate of drug-likeness (QED) is 0.304. The number of aliphatic imine (C=N–C) groups is 1. The third kappa shape index (κ3) is 7.68. The van der Waals surface area contributed by atoms with E-state index in [9.17, 15) is 4.79 Å². The van der Waals surface area contributed by atoms with Gasteiger partial charge in [-0.2, -0.15) is 0 Å². The number of nitrogens with one attached hydrogen (secondary N) is 1. The zero-order valence-corrected chi connectivity index (χ0v) is 15.0. The Morgan fingerprint density at radius 1 is 1.30 bits per heavy atom. The van der Waals surface area contributed by atoms with Crippen molar-refractivity contribution >= 4 is 11.9 Å². The van der Waals surface area contributed by atoms with Crippen LogP contribution in [0, 0.1) is 5.92 Å². The third-order valence-corrected chi connectivity index (χ3v) is 3.82. The molecule has 0 bridgehead atoms. The first kappa shape index (κ1) is 19.7. The van der Waals surface area contributed by atoms with Crippen molar-refractivity contribution in [2.24, 2.45) is 10.9 Å². The van der Waals surface area contributed by atoms with Gasteiger partial charge in [0.05, 0.1) is 25.7 Å². The summed E-state index contributed by atoms with van der Waals surface area (Å²) in [7, 11) is 0. The summed E-state index contributed by atoms with van der Waals surface area (Å²) in [4.78, 5) is 18.8. The van der Waals surface area contributed by atoms with Gasteiger partial charge in [-0.05, 0) is 33.1 Å². The van der Waals surface area contributed by atoms with Crippen molar-refractivity contribution in [1.29, 1.82) is 0 Å². The summed E-state index contributed by atoms with van der Waals surface area (Å²) in [5.41, 5.74) is 0. The van der Waals surface area contributed by atoms with Crippen LogP contribution in [0.25, 0.3) is 0 Å². The van der Waals surface area contributed by atoms with Crippen molar-refractivity contribution in [2.45, 2.75) is 46.5 Å². The predicted octanol–water partition coefficient (Wildman–Crippen LogP) is 2.04. The maximum atomic E-state index is 12.0. The van der Waals surface area contributed by atoms with Crippen molar-refractivity contribution < 1.29 is 14.3 Å². The molecule has 1 fully saturated rings. The van der Waals surface area contributed by atoms with Gasteiger partial charge in [-0.3, -0.25) is 9.79 Å². The molecule has 0 spiro atoms. The maximum absolute atomic E-state index is 12.0. The molecule has 1 rings (SSSR count). The summed E-state index contributed by atoms with van der Waals surface area (Å²) in [6.07, 6.45) is 4.13. The second kappa shape index (κ2) is 12.2. The number of carbonyl (C=O) groups is 1. The Hall–Kier alpha value is -1.30. The number of esters is 1. The highest BCUT2D eigenvalue weighted by atomic mass is 16.5. The van der Waals surface area contributed by atoms with Crippen molar-refractivity contribution in [3.8, 4) is 0 Å². The molecular weight excluding hydrogens is 294 g/mol. The number of guanidine groups is 1. The lowest BCUT2D eigenvalue weighted by Gasteiger charge is -2.34. The van der Waals surface area contributed by atoms with Crippen molar-refractivity contribution in [3.63, 3.8) is 0 Å². The maximum Gasteiger partial charge on any atom is 0.310 e. The number of rotatable bonds is 9. The van der Waals surface area contributed by atoms with Crippen molar-refractivity contribution in [2.75, 3.05) is 46.0 Å². The van der Waals surface area contributed by atoms with E-state index in [4.69, 9.17) is 9.47 Å². The normalized spacial score (nSPS) is 18.8. The van der Waals surface area contributed by atoms with E-state index in [0.717, 1.165) is 51.3 Å². The molecular formula is C17H33N3O3. The highest BCUT2D eigenvalue weighted by molar-refractivity contribution is 5.81. The van der Waals surface area contributed by atoms with Crippen LogP contribution < -0.4 is 5.32 Å². The molecule has 6 nitrogen and oxygen atoms in total. The Bertz CT molecular complexity index is 361. The molecule has 134 valence electrons. The molecule has 0 saturated carbocycles. The van der Waals surface area contributed by atoms with Crippen LogP contribution in [0.15, 0.2) is 4.99 Å². The molecule has 0 aromatic carbocycles. The van der Waals surface area contributed by atoms with Crippen LogP contribution in [0.3, 0.4) is 0 Å². The lowest BCUT2D eigenvalue weighted by Crippen LogP contribution is -2.48. The van der Waals surface area contributed by atoms with E-state index in [2.05, 4.69) is 29.1 Å². The molecule has 1 aliphatic heterocycles. The summed E-state index contributed by atoms with van der Waals surface area (Å²) < 4.78 is 10.7. The number of piperidine rings is 1. The molecule has 0 aliphatic carbocycles. The summed E-state index contributed by atoms with van der Waals surface area (Å²) in [6.45, 7) is 11.0. The first-order chi connectivity index (χ1) is 11.2. The highest BCUT2D eigenvalue weighted by Crippen LogP contribution is 2.18. The molecule has 0 aromatic rings. The Morgan fingerprint density at radius 3 is 2.83 bits per heavy atom. The minimum atomic E-state index is -0.0871. The predicted molar refractivity (Wildman–Crippen MR) is 92.6 cm³/mol. The molecule has 0 radical (unpaired) electrons. The van der Waals surface area contributed by atoms with Gasteiger partial charge in [0.2, 0.25) is 0 Å². The van der Waals surface area contributed by atoms with E-state index in [1.54, 1.807) is 0 Å². The van der Waals surface area contributed by atoms with Crippen LogP contribution in [-0.2, 0) is 14.3 Å². The number of hydrogen-bond donors (Lipinski definition) is 1. The highest BCUT2D eigenvalue weighted by Gasteiger charge is 2.28. The average Bonchev–Trinajstić information content (AvgIpc) is 2.57. The fraction of sp³-hybridized carbons (Fsp3) is 0.882. The summed E-state index contributed by atoms with van der Waals surface area (Å²) >= 11 is 0. The Balaban J connectivity index is 2.49. The molecule has 1 N–H and O–H groups in total. The van der Waals surface area contributed by atoms with Crippen LogP contribution in [0.1, 0.15) is 46.5 Å². The van der Waals surface area contributed by atoms with Gasteiger partial charge in [-0.25, -0.2) is 0 Å². The first-order valence-corrected chi connectivity index (χ1v) is 9.00. The molecule has 6 heteroatoms. The van der Waals surface area contributed by atoms with Crippen LogP contribution in [0.5, 0.6) is 0 Å². The second-order valence-electron chi connectivity index (χ2n) is 5.74. The number of unbranched alkanes of at least 4 members (excludes halogenated alkanes) is 1. The number of nitrogens with zero attached hydrogens (tertiary/aromatic N) is 2. The monoisotopic (exact) mass is 327 g/mol.